The number of hydrogen-bond acceptors (Lipinski definition) is 5. The molecule has 2 aromatic rings. The molecule has 0 saturated carbocycles. The minimum Gasteiger partial charge on any atom is -0.378 e. The van der Waals surface area contributed by atoms with Gasteiger partial charge in [-0.1, -0.05) is 29.5 Å². The van der Waals surface area contributed by atoms with Gasteiger partial charge in [0, 0.05) is 19.3 Å². The van der Waals surface area contributed by atoms with Gasteiger partial charge in [-0.3, -0.25) is 4.79 Å². The fraction of sp³-hybridized carbons (Fsp3) is 0.333. The summed E-state index contributed by atoms with van der Waals surface area (Å²) in [6.45, 7) is 1.31. The number of para-hydroxylation sites is 1. The first kappa shape index (κ1) is 13.3. The van der Waals surface area contributed by atoms with Crippen molar-refractivity contribution in [3.05, 3.63) is 40.4 Å². The Balaban J connectivity index is 2.00. The summed E-state index contributed by atoms with van der Waals surface area (Å²) in [5.74, 6) is 0. The van der Waals surface area contributed by atoms with E-state index >= 15 is 0 Å². The third kappa shape index (κ3) is 2.34. The molecular weight excluding hydrogens is 272 g/mol. The number of benzene rings is 1. The van der Waals surface area contributed by atoms with E-state index in [0.717, 1.165) is 36.5 Å². The number of carbonyl (C=O) groups excluding carboxylic acids is 1. The Bertz CT molecular complexity index is 624. The van der Waals surface area contributed by atoms with Crippen molar-refractivity contribution in [3.63, 3.8) is 0 Å². The van der Waals surface area contributed by atoms with Crippen molar-refractivity contribution < 1.29 is 9.53 Å². The lowest BCUT2D eigenvalue weighted by Gasteiger charge is -2.28. The summed E-state index contributed by atoms with van der Waals surface area (Å²) in [5.41, 5.74) is 3.27. The van der Waals surface area contributed by atoms with E-state index in [1.54, 1.807) is 7.11 Å². The maximum Gasteiger partial charge on any atom is 0.190 e. The van der Waals surface area contributed by atoms with Crippen LogP contribution in [0.2, 0.25) is 0 Å². The lowest BCUT2D eigenvalue weighted by atomic mass is 10.0. The normalized spacial score (nSPS) is 14.2. The van der Waals surface area contributed by atoms with Gasteiger partial charge >= 0.3 is 0 Å². The molecule has 1 aliphatic rings. The van der Waals surface area contributed by atoms with E-state index in [9.17, 15) is 4.79 Å². The predicted octanol–water partition coefficient (Wildman–Crippen LogP) is 3.19. The van der Waals surface area contributed by atoms with Crippen LogP contribution in [0.15, 0.2) is 24.3 Å². The van der Waals surface area contributed by atoms with Crippen LogP contribution in [0.4, 0.5) is 10.8 Å². The van der Waals surface area contributed by atoms with Crippen LogP contribution < -0.4 is 4.90 Å². The Hall–Kier alpha value is -1.72. The Labute approximate surface area is 122 Å². The Morgan fingerprint density at radius 3 is 3.10 bits per heavy atom. The number of hydrogen-bond donors (Lipinski definition) is 0. The standard InChI is InChI=1S/C15H16N2O2S/c1-19-10-12-14(9-18)20-15(16-12)17-8-4-6-11-5-2-3-7-13(11)17/h2-3,5,7,9H,4,6,8,10H2,1H3. The van der Waals surface area contributed by atoms with Crippen LogP contribution in [0, 0.1) is 0 Å². The van der Waals surface area contributed by atoms with E-state index in [0.29, 0.717) is 11.5 Å². The van der Waals surface area contributed by atoms with Crippen molar-refractivity contribution in [2.24, 2.45) is 0 Å². The molecule has 20 heavy (non-hydrogen) atoms. The van der Waals surface area contributed by atoms with Gasteiger partial charge in [-0.25, -0.2) is 4.98 Å². The molecule has 0 atom stereocenters. The van der Waals surface area contributed by atoms with Gasteiger partial charge in [0.15, 0.2) is 11.4 Å². The second-order valence-corrected chi connectivity index (χ2v) is 5.75. The van der Waals surface area contributed by atoms with Crippen LogP contribution in [0.5, 0.6) is 0 Å². The van der Waals surface area contributed by atoms with Crippen LogP contribution in [-0.2, 0) is 17.8 Å². The molecule has 0 amide bonds. The zero-order chi connectivity index (χ0) is 13.9. The summed E-state index contributed by atoms with van der Waals surface area (Å²) in [4.78, 5) is 18.6. The predicted molar refractivity (Wildman–Crippen MR) is 80.0 cm³/mol. The topological polar surface area (TPSA) is 42.4 Å². The Kier molecular flexibility index (Phi) is 3.80. The van der Waals surface area contributed by atoms with Crippen LogP contribution in [0.3, 0.4) is 0 Å². The molecule has 1 aromatic heterocycles. The number of anilines is 2. The van der Waals surface area contributed by atoms with Crippen molar-refractivity contribution in [1.82, 2.24) is 4.98 Å². The first-order valence-corrected chi connectivity index (χ1v) is 7.44. The summed E-state index contributed by atoms with van der Waals surface area (Å²) in [6.07, 6.45) is 3.07. The van der Waals surface area contributed by atoms with Crippen LogP contribution in [0.25, 0.3) is 0 Å². The number of aldehydes is 1. The number of methoxy groups -OCH3 is 1. The third-order valence-corrected chi connectivity index (χ3v) is 4.49. The molecule has 1 aliphatic heterocycles. The van der Waals surface area contributed by atoms with Gasteiger partial charge in [0.25, 0.3) is 0 Å². The molecule has 4 nitrogen and oxygen atoms in total. The van der Waals surface area contributed by atoms with E-state index < -0.39 is 0 Å². The average Bonchev–Trinajstić information content (AvgIpc) is 2.90. The van der Waals surface area contributed by atoms with Crippen LogP contribution in [0.1, 0.15) is 27.3 Å². The number of thiazole rings is 1. The highest BCUT2D eigenvalue weighted by Gasteiger charge is 2.22. The third-order valence-electron chi connectivity index (χ3n) is 3.45. The van der Waals surface area contributed by atoms with E-state index in [1.807, 2.05) is 6.07 Å². The quantitative estimate of drug-likeness (QED) is 0.810. The van der Waals surface area contributed by atoms with E-state index in [2.05, 4.69) is 28.1 Å². The molecule has 0 fully saturated rings. The number of aryl methyl sites for hydroxylation is 1. The number of aromatic nitrogens is 1. The second-order valence-electron chi connectivity index (χ2n) is 4.74. The van der Waals surface area contributed by atoms with Crippen molar-refractivity contribution in [2.45, 2.75) is 19.4 Å². The smallest absolute Gasteiger partial charge is 0.190 e. The minimum absolute atomic E-state index is 0.375. The van der Waals surface area contributed by atoms with Gasteiger partial charge in [0.2, 0.25) is 0 Å². The van der Waals surface area contributed by atoms with Crippen molar-refractivity contribution in [1.29, 1.82) is 0 Å². The fourth-order valence-electron chi connectivity index (χ4n) is 2.53. The molecule has 104 valence electrons. The summed E-state index contributed by atoms with van der Waals surface area (Å²) in [5, 5.41) is 0.881. The summed E-state index contributed by atoms with van der Waals surface area (Å²) in [6, 6.07) is 8.39. The lowest BCUT2D eigenvalue weighted by Crippen LogP contribution is -2.24. The first-order chi connectivity index (χ1) is 9.83. The lowest BCUT2D eigenvalue weighted by molar-refractivity contribution is 0.112. The molecule has 0 N–H and O–H groups in total. The number of nitrogens with zero attached hydrogens (tertiary/aromatic N) is 2. The molecule has 0 aliphatic carbocycles. The average molecular weight is 288 g/mol. The Morgan fingerprint density at radius 1 is 1.45 bits per heavy atom. The highest BCUT2D eigenvalue weighted by atomic mass is 32.1. The van der Waals surface area contributed by atoms with Gasteiger partial charge in [-0.2, -0.15) is 0 Å². The number of rotatable bonds is 4. The monoisotopic (exact) mass is 288 g/mol. The van der Waals surface area contributed by atoms with Crippen LogP contribution in [-0.4, -0.2) is 24.9 Å². The zero-order valence-corrected chi connectivity index (χ0v) is 12.2. The fourth-order valence-corrected chi connectivity index (χ4v) is 3.45. The number of fused-ring (bicyclic) bond motifs is 1. The zero-order valence-electron chi connectivity index (χ0n) is 11.3. The molecule has 0 bridgehead atoms. The minimum atomic E-state index is 0.375. The van der Waals surface area contributed by atoms with Crippen molar-refractivity contribution in [2.75, 3.05) is 18.6 Å². The molecule has 1 aromatic carbocycles. The first-order valence-electron chi connectivity index (χ1n) is 6.62. The maximum absolute atomic E-state index is 11.1. The van der Waals surface area contributed by atoms with Gasteiger partial charge in [-0.15, -0.1) is 0 Å². The Morgan fingerprint density at radius 2 is 2.30 bits per heavy atom. The van der Waals surface area contributed by atoms with Crippen molar-refractivity contribution >= 4 is 28.4 Å². The maximum atomic E-state index is 11.1. The molecule has 2 heterocycles. The molecule has 0 unspecified atom stereocenters. The van der Waals surface area contributed by atoms with Gasteiger partial charge in [0.1, 0.15) is 0 Å². The number of ether oxygens (including phenoxy) is 1. The molecule has 3 rings (SSSR count). The summed E-state index contributed by atoms with van der Waals surface area (Å²) in [7, 11) is 1.61. The van der Waals surface area contributed by atoms with E-state index in [-0.39, 0.29) is 0 Å². The highest BCUT2D eigenvalue weighted by Crippen LogP contribution is 2.36. The SMILES string of the molecule is COCc1nc(N2CCCc3ccccc32)sc1C=O. The van der Waals surface area contributed by atoms with E-state index in [4.69, 9.17) is 4.74 Å². The molecular formula is C15H16N2O2S. The second kappa shape index (κ2) is 5.73. The largest absolute Gasteiger partial charge is 0.378 e. The molecule has 5 heteroatoms. The van der Waals surface area contributed by atoms with E-state index in [1.165, 1.54) is 22.6 Å². The molecule has 0 radical (unpaired) electrons. The van der Waals surface area contributed by atoms with Gasteiger partial charge in [0.05, 0.1) is 17.2 Å². The van der Waals surface area contributed by atoms with Crippen LogP contribution >= 0.6 is 11.3 Å². The number of carbonyl (C=O) groups is 1. The van der Waals surface area contributed by atoms with Crippen molar-refractivity contribution in [3.8, 4) is 0 Å². The molecule has 0 saturated heterocycles. The summed E-state index contributed by atoms with van der Waals surface area (Å²) < 4.78 is 5.11. The molecule has 0 spiro atoms. The highest BCUT2D eigenvalue weighted by molar-refractivity contribution is 7.17. The van der Waals surface area contributed by atoms with Gasteiger partial charge < -0.3 is 9.64 Å². The summed E-state index contributed by atoms with van der Waals surface area (Å²) >= 11 is 1.44. The van der Waals surface area contributed by atoms with Gasteiger partial charge in [-0.05, 0) is 24.5 Å².